The zero-order valence-corrected chi connectivity index (χ0v) is 21.7. The number of fused-ring (bicyclic) bond motifs is 4. The standard InChI is InChI=1S/C30H32N2O3.ClH/c1-3-35-32-17-16-24(25-8-4-7-11-30(25)32)14-12-23-13-15-29-27(22-23)26-9-5-6-10-28(26)31(29)18-19-34-21-20-33-2;/h4-16,22H,3,17-21H2,1-2H3;1H. The second-order valence-electron chi connectivity index (χ2n) is 8.54. The molecule has 0 fully saturated rings. The number of nitrogens with zero attached hydrogens (tertiary/aromatic N) is 2. The van der Waals surface area contributed by atoms with Gasteiger partial charge in [-0.15, -0.1) is 12.4 Å². The van der Waals surface area contributed by atoms with Crippen LogP contribution in [0.5, 0.6) is 0 Å². The van der Waals surface area contributed by atoms with Gasteiger partial charge in [-0.3, -0.25) is 4.84 Å². The first-order valence-electron chi connectivity index (χ1n) is 12.3. The monoisotopic (exact) mass is 504 g/mol. The third-order valence-electron chi connectivity index (χ3n) is 6.39. The summed E-state index contributed by atoms with van der Waals surface area (Å²) in [5, 5.41) is 4.50. The molecule has 0 saturated heterocycles. The minimum absolute atomic E-state index is 0. The number of aromatic nitrogens is 1. The third kappa shape index (κ3) is 5.35. The van der Waals surface area contributed by atoms with Crippen LogP contribution in [0.1, 0.15) is 18.1 Å². The number of para-hydroxylation sites is 2. The van der Waals surface area contributed by atoms with Crippen molar-refractivity contribution in [3.8, 4) is 0 Å². The Morgan fingerprint density at radius 2 is 1.67 bits per heavy atom. The molecule has 0 bridgehead atoms. The van der Waals surface area contributed by atoms with Crippen LogP contribution in [0.3, 0.4) is 0 Å². The molecular formula is C30H33ClN2O3. The van der Waals surface area contributed by atoms with Crippen molar-refractivity contribution >= 4 is 51.5 Å². The molecule has 1 aliphatic heterocycles. The number of ether oxygens (including phenoxy) is 2. The highest BCUT2D eigenvalue weighted by Crippen LogP contribution is 2.34. The lowest BCUT2D eigenvalue weighted by Crippen LogP contribution is -2.27. The van der Waals surface area contributed by atoms with E-state index >= 15 is 0 Å². The molecule has 2 heterocycles. The molecule has 0 atom stereocenters. The van der Waals surface area contributed by atoms with Crippen molar-refractivity contribution in [3.63, 3.8) is 0 Å². The Morgan fingerprint density at radius 1 is 0.861 bits per heavy atom. The zero-order chi connectivity index (χ0) is 24.0. The Hall–Kier alpha value is -3.09. The van der Waals surface area contributed by atoms with Crippen LogP contribution in [0.15, 0.2) is 78.9 Å². The smallest absolute Gasteiger partial charge is 0.0720 e. The summed E-state index contributed by atoms with van der Waals surface area (Å²) < 4.78 is 13.2. The van der Waals surface area contributed by atoms with Crippen molar-refractivity contribution in [2.75, 3.05) is 45.1 Å². The molecule has 0 spiro atoms. The van der Waals surface area contributed by atoms with Gasteiger partial charge in [0.1, 0.15) is 0 Å². The Kier molecular flexibility index (Phi) is 8.83. The molecule has 4 aromatic rings. The average Bonchev–Trinajstić information content (AvgIpc) is 3.21. The summed E-state index contributed by atoms with van der Waals surface area (Å²) in [7, 11) is 1.70. The van der Waals surface area contributed by atoms with Gasteiger partial charge in [0.05, 0.1) is 38.7 Å². The van der Waals surface area contributed by atoms with Gasteiger partial charge in [-0.2, -0.15) is 0 Å². The van der Waals surface area contributed by atoms with E-state index in [1.54, 1.807) is 7.11 Å². The lowest BCUT2D eigenvalue weighted by atomic mass is 9.98. The van der Waals surface area contributed by atoms with Crippen LogP contribution in [-0.4, -0.2) is 44.6 Å². The lowest BCUT2D eigenvalue weighted by molar-refractivity contribution is 0.0673. The van der Waals surface area contributed by atoms with E-state index in [1.165, 1.54) is 38.5 Å². The fourth-order valence-electron chi connectivity index (χ4n) is 4.76. The van der Waals surface area contributed by atoms with Crippen molar-refractivity contribution < 1.29 is 14.3 Å². The number of allylic oxidation sites excluding steroid dienone is 2. The molecule has 0 amide bonds. The lowest BCUT2D eigenvalue weighted by Gasteiger charge is -2.28. The Labute approximate surface area is 218 Å². The maximum atomic E-state index is 5.81. The molecule has 1 aliphatic rings. The molecule has 0 saturated carbocycles. The quantitative estimate of drug-likeness (QED) is 0.224. The predicted octanol–water partition coefficient (Wildman–Crippen LogP) is 6.75. The highest BCUT2D eigenvalue weighted by Gasteiger charge is 2.17. The fraction of sp³-hybridized carbons (Fsp3) is 0.267. The molecule has 6 heteroatoms. The van der Waals surface area contributed by atoms with Gasteiger partial charge in [-0.1, -0.05) is 60.7 Å². The minimum Gasteiger partial charge on any atom is -0.382 e. The minimum atomic E-state index is 0. The molecule has 36 heavy (non-hydrogen) atoms. The van der Waals surface area contributed by atoms with Crippen molar-refractivity contribution in [2.24, 2.45) is 0 Å². The maximum Gasteiger partial charge on any atom is 0.0720 e. The van der Waals surface area contributed by atoms with Gasteiger partial charge >= 0.3 is 0 Å². The predicted molar refractivity (Wildman–Crippen MR) is 152 cm³/mol. The summed E-state index contributed by atoms with van der Waals surface area (Å²) in [6, 6.07) is 23.7. The SMILES string of the molecule is CCON1CC=C(C=Cc2ccc3c(c2)c2ccccc2n3CCOCCOC)c2ccccc21.Cl. The molecule has 0 aliphatic carbocycles. The van der Waals surface area contributed by atoms with Crippen LogP contribution in [0.2, 0.25) is 0 Å². The highest BCUT2D eigenvalue weighted by atomic mass is 35.5. The topological polar surface area (TPSA) is 35.9 Å². The number of rotatable bonds is 10. The van der Waals surface area contributed by atoms with E-state index < -0.39 is 0 Å². The van der Waals surface area contributed by atoms with E-state index in [1.807, 2.05) is 12.0 Å². The number of hydrogen-bond acceptors (Lipinski definition) is 4. The van der Waals surface area contributed by atoms with Gasteiger partial charge in [0.2, 0.25) is 0 Å². The molecule has 5 nitrogen and oxygen atoms in total. The van der Waals surface area contributed by atoms with Gasteiger partial charge < -0.3 is 14.0 Å². The summed E-state index contributed by atoms with van der Waals surface area (Å²) in [6.07, 6.45) is 6.65. The molecule has 0 unspecified atom stereocenters. The van der Waals surface area contributed by atoms with Crippen LogP contribution in [0.4, 0.5) is 5.69 Å². The van der Waals surface area contributed by atoms with E-state index in [4.69, 9.17) is 14.3 Å². The van der Waals surface area contributed by atoms with Crippen LogP contribution in [0.25, 0.3) is 33.5 Å². The summed E-state index contributed by atoms with van der Waals surface area (Å²) in [4.78, 5) is 5.81. The summed E-state index contributed by atoms with van der Waals surface area (Å²) >= 11 is 0. The molecular weight excluding hydrogens is 472 g/mol. The maximum absolute atomic E-state index is 5.81. The second-order valence-corrected chi connectivity index (χ2v) is 8.54. The van der Waals surface area contributed by atoms with Crippen LogP contribution < -0.4 is 5.06 Å². The van der Waals surface area contributed by atoms with Crippen molar-refractivity contribution in [3.05, 3.63) is 90.0 Å². The van der Waals surface area contributed by atoms with Crippen molar-refractivity contribution in [1.29, 1.82) is 0 Å². The van der Waals surface area contributed by atoms with E-state index in [-0.39, 0.29) is 12.4 Å². The first-order valence-corrected chi connectivity index (χ1v) is 12.3. The van der Waals surface area contributed by atoms with E-state index in [2.05, 4.69) is 89.5 Å². The van der Waals surface area contributed by atoms with Crippen molar-refractivity contribution in [1.82, 2.24) is 4.57 Å². The number of hydrogen-bond donors (Lipinski definition) is 0. The van der Waals surface area contributed by atoms with E-state index in [0.29, 0.717) is 26.4 Å². The third-order valence-corrected chi connectivity index (χ3v) is 6.39. The first kappa shape index (κ1) is 26.0. The fourth-order valence-corrected chi connectivity index (χ4v) is 4.76. The summed E-state index contributed by atoms with van der Waals surface area (Å²) in [6.45, 7) is 6.11. The van der Waals surface area contributed by atoms with E-state index in [0.717, 1.165) is 18.8 Å². The van der Waals surface area contributed by atoms with Gasteiger partial charge in [-0.05, 0) is 42.3 Å². The zero-order valence-electron chi connectivity index (χ0n) is 20.9. The van der Waals surface area contributed by atoms with Gasteiger partial charge in [0.25, 0.3) is 0 Å². The molecule has 1 aromatic heterocycles. The van der Waals surface area contributed by atoms with Gasteiger partial charge in [0.15, 0.2) is 0 Å². The molecule has 5 rings (SSSR count). The van der Waals surface area contributed by atoms with E-state index in [9.17, 15) is 0 Å². The normalized spacial score (nSPS) is 13.3. The largest absolute Gasteiger partial charge is 0.382 e. The number of hydroxylamine groups is 1. The second kappa shape index (κ2) is 12.2. The number of anilines is 1. The molecule has 0 radical (unpaired) electrons. The Morgan fingerprint density at radius 3 is 2.53 bits per heavy atom. The summed E-state index contributed by atoms with van der Waals surface area (Å²) in [5.74, 6) is 0. The molecule has 3 aromatic carbocycles. The average molecular weight is 505 g/mol. The van der Waals surface area contributed by atoms with Crippen LogP contribution in [-0.2, 0) is 20.9 Å². The number of benzene rings is 3. The Balaban J connectivity index is 0.00000304. The molecule has 0 N–H and O–H groups in total. The molecule has 188 valence electrons. The number of methoxy groups -OCH3 is 1. The van der Waals surface area contributed by atoms with Gasteiger partial charge in [-0.25, -0.2) is 5.06 Å². The Bertz CT molecular complexity index is 1380. The van der Waals surface area contributed by atoms with Gasteiger partial charge in [0, 0.05) is 41.0 Å². The van der Waals surface area contributed by atoms with Crippen LogP contribution >= 0.6 is 12.4 Å². The van der Waals surface area contributed by atoms with Crippen LogP contribution in [0, 0.1) is 0 Å². The van der Waals surface area contributed by atoms with Crippen molar-refractivity contribution in [2.45, 2.75) is 13.5 Å². The first-order chi connectivity index (χ1) is 17.3. The highest BCUT2D eigenvalue weighted by molar-refractivity contribution is 6.08. The number of halogens is 1. The summed E-state index contributed by atoms with van der Waals surface area (Å²) in [5.41, 5.74) is 7.17.